The Balaban J connectivity index is 2.28. The molecule has 1 aromatic heterocycles. The van der Waals surface area contributed by atoms with Crippen molar-refractivity contribution in [3.05, 3.63) is 35.5 Å². The fourth-order valence-corrected chi connectivity index (χ4v) is 2.28. The maximum Gasteiger partial charge on any atom is 0.338 e. The third kappa shape index (κ3) is 2.75. The van der Waals surface area contributed by atoms with E-state index in [0.29, 0.717) is 17.9 Å². The Labute approximate surface area is 118 Å². The first-order valence-corrected chi connectivity index (χ1v) is 6.56. The number of carbonyl (C=O) groups excluding carboxylic acids is 2. The number of nitrogen functional groups attached to an aromatic ring is 1. The second-order valence-electron chi connectivity index (χ2n) is 3.81. The number of carbonyl (C=O) groups is 2. The minimum Gasteiger partial charge on any atom is -0.462 e. The number of amides is 1. The minimum absolute atomic E-state index is 0.0319. The van der Waals surface area contributed by atoms with Gasteiger partial charge in [0.05, 0.1) is 12.2 Å². The van der Waals surface area contributed by atoms with E-state index in [4.69, 9.17) is 16.2 Å². The van der Waals surface area contributed by atoms with Crippen molar-refractivity contribution in [3.8, 4) is 5.69 Å². The molecule has 0 saturated carbocycles. The van der Waals surface area contributed by atoms with Crippen LogP contribution in [0.4, 0.5) is 5.00 Å². The lowest BCUT2D eigenvalue weighted by atomic mass is 10.2. The van der Waals surface area contributed by atoms with E-state index in [2.05, 4.69) is 5.10 Å². The van der Waals surface area contributed by atoms with Crippen molar-refractivity contribution in [1.82, 2.24) is 5.10 Å². The summed E-state index contributed by atoms with van der Waals surface area (Å²) in [6.07, 6.45) is 0. The van der Waals surface area contributed by atoms with Crippen LogP contribution in [-0.2, 0) is 4.74 Å². The normalized spacial score (nSPS) is 10.2. The fourth-order valence-electron chi connectivity index (χ4n) is 1.52. The zero-order valence-electron chi connectivity index (χ0n) is 10.7. The Morgan fingerprint density at radius 3 is 2.50 bits per heavy atom. The second kappa shape index (κ2) is 5.66. The van der Waals surface area contributed by atoms with Gasteiger partial charge in [-0.2, -0.15) is 0 Å². The summed E-state index contributed by atoms with van der Waals surface area (Å²) in [5.41, 5.74) is 12.0. The van der Waals surface area contributed by atoms with E-state index in [1.165, 1.54) is 4.07 Å². The summed E-state index contributed by atoms with van der Waals surface area (Å²) in [6, 6.07) is 6.59. The zero-order chi connectivity index (χ0) is 14.7. The molecule has 0 spiro atoms. The molecule has 0 bridgehead atoms. The van der Waals surface area contributed by atoms with Crippen molar-refractivity contribution in [2.75, 3.05) is 12.3 Å². The van der Waals surface area contributed by atoms with Crippen LogP contribution in [0.5, 0.6) is 0 Å². The predicted octanol–water partition coefficient (Wildman–Crippen LogP) is 0.278. The predicted molar refractivity (Wildman–Crippen MR) is 72.5 cm³/mol. The van der Waals surface area contributed by atoms with Gasteiger partial charge >= 0.3 is 5.97 Å². The molecular formula is C12H13N4O3S+. The van der Waals surface area contributed by atoms with Gasteiger partial charge in [0.25, 0.3) is 11.6 Å². The number of ether oxygens (including phenoxy) is 1. The third-order valence-electron chi connectivity index (χ3n) is 2.44. The summed E-state index contributed by atoms with van der Waals surface area (Å²) in [5.74, 6) is -1.07. The molecule has 104 valence electrons. The fraction of sp³-hybridized carbons (Fsp3) is 0.167. The van der Waals surface area contributed by atoms with Crippen LogP contribution < -0.4 is 15.5 Å². The summed E-state index contributed by atoms with van der Waals surface area (Å²) < 4.78 is 6.35. The number of hydrogen-bond donors (Lipinski definition) is 2. The average Bonchev–Trinajstić information content (AvgIpc) is 2.81. The Bertz CT molecular complexity index is 651. The van der Waals surface area contributed by atoms with Gasteiger partial charge in [-0.3, -0.25) is 4.79 Å². The van der Waals surface area contributed by atoms with Crippen molar-refractivity contribution in [1.29, 1.82) is 0 Å². The molecule has 0 aliphatic rings. The molecule has 0 aliphatic heterocycles. The number of benzene rings is 1. The molecule has 8 heteroatoms. The van der Waals surface area contributed by atoms with Crippen LogP contribution in [0.3, 0.4) is 0 Å². The molecule has 0 aliphatic carbocycles. The van der Waals surface area contributed by atoms with Crippen LogP contribution >= 0.6 is 11.5 Å². The summed E-state index contributed by atoms with van der Waals surface area (Å²) in [6.45, 7) is 2.06. The SMILES string of the molecule is CCOC(=O)c1ccc(-[n+]2nc(C(N)=O)c(N)s2)cc1. The lowest BCUT2D eigenvalue weighted by Gasteiger charge is -1.99. The van der Waals surface area contributed by atoms with Gasteiger partial charge in [-0.15, -0.1) is 0 Å². The van der Waals surface area contributed by atoms with Crippen LogP contribution in [0.2, 0.25) is 0 Å². The lowest BCUT2D eigenvalue weighted by Crippen LogP contribution is -2.30. The van der Waals surface area contributed by atoms with Crippen LogP contribution in [0.15, 0.2) is 24.3 Å². The number of anilines is 1. The highest BCUT2D eigenvalue weighted by Gasteiger charge is 2.23. The van der Waals surface area contributed by atoms with Gasteiger partial charge in [-0.25, -0.2) is 4.79 Å². The van der Waals surface area contributed by atoms with E-state index in [0.717, 1.165) is 11.5 Å². The van der Waals surface area contributed by atoms with Crippen LogP contribution in [-0.4, -0.2) is 23.6 Å². The molecule has 0 fully saturated rings. The highest BCUT2D eigenvalue weighted by molar-refractivity contribution is 7.06. The van der Waals surface area contributed by atoms with Gasteiger partial charge in [-0.1, -0.05) is 0 Å². The number of rotatable bonds is 4. The number of aromatic nitrogens is 2. The molecule has 0 radical (unpaired) electrons. The molecule has 4 N–H and O–H groups in total. The number of hydrogen-bond acceptors (Lipinski definition) is 6. The highest BCUT2D eigenvalue weighted by Crippen LogP contribution is 2.13. The standard InChI is InChI=1S/C12H12N4O3S/c1-2-19-12(18)7-3-5-8(6-4-7)16-15-9(10(13)17)11(14)20-16/h3-6,14H,2H2,1H3,(H2,13,17)/p+1. The third-order valence-corrected chi connectivity index (χ3v) is 3.30. The van der Waals surface area contributed by atoms with Crippen LogP contribution in [0.1, 0.15) is 27.8 Å². The quantitative estimate of drug-likeness (QED) is 0.621. The van der Waals surface area contributed by atoms with Gasteiger partial charge in [0.15, 0.2) is 16.5 Å². The Morgan fingerprint density at radius 1 is 1.35 bits per heavy atom. The molecule has 1 aromatic carbocycles. The van der Waals surface area contributed by atoms with E-state index < -0.39 is 5.91 Å². The molecule has 2 rings (SSSR count). The van der Waals surface area contributed by atoms with E-state index in [-0.39, 0.29) is 16.7 Å². The number of esters is 1. The van der Waals surface area contributed by atoms with Crippen molar-refractivity contribution in [2.24, 2.45) is 5.73 Å². The van der Waals surface area contributed by atoms with Crippen molar-refractivity contribution in [3.63, 3.8) is 0 Å². The van der Waals surface area contributed by atoms with Gasteiger partial charge in [0.2, 0.25) is 5.69 Å². The summed E-state index contributed by atoms with van der Waals surface area (Å²) in [7, 11) is 0. The number of primary amides is 1. The van der Waals surface area contributed by atoms with E-state index in [1.54, 1.807) is 31.2 Å². The first-order valence-electron chi connectivity index (χ1n) is 5.79. The van der Waals surface area contributed by atoms with E-state index in [9.17, 15) is 9.59 Å². The van der Waals surface area contributed by atoms with Crippen LogP contribution in [0, 0.1) is 0 Å². The largest absolute Gasteiger partial charge is 0.462 e. The molecule has 20 heavy (non-hydrogen) atoms. The second-order valence-corrected chi connectivity index (χ2v) is 4.78. The van der Waals surface area contributed by atoms with Crippen molar-refractivity contribution in [2.45, 2.75) is 6.92 Å². The topological polar surface area (TPSA) is 112 Å². The molecular weight excluding hydrogens is 280 g/mol. The molecule has 0 unspecified atom stereocenters. The van der Waals surface area contributed by atoms with E-state index in [1.807, 2.05) is 0 Å². The Kier molecular flexibility index (Phi) is 3.94. The summed E-state index contributed by atoms with van der Waals surface area (Å²) >= 11 is 1.09. The van der Waals surface area contributed by atoms with E-state index >= 15 is 0 Å². The van der Waals surface area contributed by atoms with Gasteiger partial charge in [0.1, 0.15) is 0 Å². The first kappa shape index (κ1) is 13.9. The smallest absolute Gasteiger partial charge is 0.338 e. The van der Waals surface area contributed by atoms with Crippen molar-refractivity contribution < 1.29 is 18.4 Å². The molecule has 7 nitrogen and oxygen atoms in total. The number of nitrogens with zero attached hydrogens (tertiary/aromatic N) is 2. The first-order chi connectivity index (χ1) is 9.52. The average molecular weight is 293 g/mol. The highest BCUT2D eigenvalue weighted by atomic mass is 32.1. The molecule has 2 aromatic rings. The molecule has 1 heterocycles. The zero-order valence-corrected chi connectivity index (χ0v) is 11.5. The maximum absolute atomic E-state index is 11.5. The van der Waals surface area contributed by atoms with Crippen LogP contribution in [0.25, 0.3) is 5.69 Å². The van der Waals surface area contributed by atoms with Gasteiger partial charge < -0.3 is 16.2 Å². The minimum atomic E-state index is -0.680. The monoisotopic (exact) mass is 293 g/mol. The Morgan fingerprint density at radius 2 is 2.00 bits per heavy atom. The van der Waals surface area contributed by atoms with Crippen molar-refractivity contribution >= 4 is 28.4 Å². The number of nitrogens with two attached hydrogens (primary N) is 2. The molecule has 0 saturated heterocycles. The van der Waals surface area contributed by atoms with Gasteiger partial charge in [0, 0.05) is 21.3 Å². The summed E-state index contributed by atoms with van der Waals surface area (Å²) in [4.78, 5) is 22.6. The lowest BCUT2D eigenvalue weighted by molar-refractivity contribution is -0.588. The molecule has 0 atom stereocenters. The maximum atomic E-state index is 11.5. The van der Waals surface area contributed by atoms with Gasteiger partial charge in [-0.05, 0) is 19.1 Å². The molecule has 1 amide bonds. The summed E-state index contributed by atoms with van der Waals surface area (Å²) in [5, 5.41) is 4.25. The Hall–Kier alpha value is -2.48.